The highest BCUT2D eigenvalue weighted by Gasteiger charge is 2.26. The molecule has 1 unspecified atom stereocenters. The van der Waals surface area contributed by atoms with Crippen molar-refractivity contribution >= 4 is 28.9 Å². The van der Waals surface area contributed by atoms with Gasteiger partial charge in [-0.25, -0.2) is 0 Å². The summed E-state index contributed by atoms with van der Waals surface area (Å²) >= 11 is 6.03. The predicted octanol–water partition coefficient (Wildman–Crippen LogP) is 3.20. The summed E-state index contributed by atoms with van der Waals surface area (Å²) in [5.74, 6) is 0.755. The minimum Gasteiger partial charge on any atom is -0.508 e. The second-order valence-corrected chi connectivity index (χ2v) is 6.99. The molecule has 27 heavy (non-hydrogen) atoms. The van der Waals surface area contributed by atoms with Crippen molar-refractivity contribution in [3.05, 3.63) is 47.5 Å². The Kier molecular flexibility index (Phi) is 6.08. The van der Waals surface area contributed by atoms with Crippen molar-refractivity contribution in [1.29, 1.82) is 0 Å². The zero-order chi connectivity index (χ0) is 19.4. The zero-order valence-electron chi connectivity index (χ0n) is 15.5. The van der Waals surface area contributed by atoms with Gasteiger partial charge in [0.15, 0.2) is 0 Å². The first kappa shape index (κ1) is 19.3. The number of ether oxygens (including phenoxy) is 1. The molecule has 1 saturated heterocycles. The van der Waals surface area contributed by atoms with Crippen LogP contribution in [0.1, 0.15) is 6.92 Å². The Bertz CT molecular complexity index is 790. The minimum absolute atomic E-state index is 0.0892. The molecule has 1 aliphatic heterocycles. The smallest absolute Gasteiger partial charge is 0.241 e. The van der Waals surface area contributed by atoms with E-state index < -0.39 is 0 Å². The molecule has 6 nitrogen and oxygen atoms in total. The maximum Gasteiger partial charge on any atom is 0.241 e. The number of carbonyl (C=O) groups is 1. The van der Waals surface area contributed by atoms with Crippen molar-refractivity contribution in [3.63, 3.8) is 0 Å². The third-order valence-corrected chi connectivity index (χ3v) is 5.11. The molecule has 0 spiro atoms. The standard InChI is InChI=1S/C20H24ClN3O3/c1-14(20(26)22-18-13-15(21)3-8-19(18)27-2)23-9-11-24(12-10-23)16-4-6-17(25)7-5-16/h3-8,13-14,25H,9-12H2,1-2H3,(H,22,26). The lowest BCUT2D eigenvalue weighted by molar-refractivity contribution is -0.120. The van der Waals surface area contributed by atoms with Gasteiger partial charge in [0.2, 0.25) is 5.91 Å². The Morgan fingerprint density at radius 3 is 2.44 bits per heavy atom. The van der Waals surface area contributed by atoms with E-state index in [0.29, 0.717) is 16.5 Å². The average Bonchev–Trinajstić information content (AvgIpc) is 2.68. The Labute approximate surface area is 164 Å². The van der Waals surface area contributed by atoms with E-state index in [-0.39, 0.29) is 17.7 Å². The molecule has 3 rings (SSSR count). The van der Waals surface area contributed by atoms with Crippen molar-refractivity contribution in [3.8, 4) is 11.5 Å². The largest absolute Gasteiger partial charge is 0.508 e. The van der Waals surface area contributed by atoms with Gasteiger partial charge in [-0.05, 0) is 49.4 Å². The molecule has 1 amide bonds. The molecule has 7 heteroatoms. The van der Waals surface area contributed by atoms with E-state index in [0.717, 1.165) is 31.9 Å². The van der Waals surface area contributed by atoms with Crippen LogP contribution < -0.4 is 15.0 Å². The summed E-state index contributed by atoms with van der Waals surface area (Å²) in [6, 6.07) is 12.1. The number of nitrogens with zero attached hydrogens (tertiary/aromatic N) is 2. The van der Waals surface area contributed by atoms with Gasteiger partial charge in [-0.3, -0.25) is 9.69 Å². The first-order valence-electron chi connectivity index (χ1n) is 8.90. The summed E-state index contributed by atoms with van der Waals surface area (Å²) in [7, 11) is 1.56. The van der Waals surface area contributed by atoms with Gasteiger partial charge < -0.3 is 20.1 Å². The number of amides is 1. The highest BCUT2D eigenvalue weighted by molar-refractivity contribution is 6.31. The van der Waals surface area contributed by atoms with Crippen LogP contribution in [0.3, 0.4) is 0 Å². The van der Waals surface area contributed by atoms with Gasteiger partial charge in [-0.2, -0.15) is 0 Å². The average molecular weight is 390 g/mol. The van der Waals surface area contributed by atoms with Gasteiger partial charge in [0.05, 0.1) is 18.8 Å². The molecule has 1 aliphatic rings. The summed E-state index contributed by atoms with van der Waals surface area (Å²) in [6.45, 7) is 5.11. The van der Waals surface area contributed by atoms with Crippen LogP contribution in [0.4, 0.5) is 11.4 Å². The molecular weight excluding hydrogens is 366 g/mol. The molecule has 0 radical (unpaired) electrons. The number of nitrogens with one attached hydrogen (secondary N) is 1. The van der Waals surface area contributed by atoms with Crippen molar-refractivity contribution in [2.75, 3.05) is 43.5 Å². The second-order valence-electron chi connectivity index (χ2n) is 6.55. The van der Waals surface area contributed by atoms with Crippen LogP contribution in [0.15, 0.2) is 42.5 Å². The summed E-state index contributed by atoms with van der Waals surface area (Å²) in [5, 5.41) is 12.9. The molecule has 2 aromatic carbocycles. The van der Waals surface area contributed by atoms with E-state index in [1.807, 2.05) is 19.1 Å². The summed E-state index contributed by atoms with van der Waals surface area (Å²) in [6.07, 6.45) is 0. The Hall–Kier alpha value is -2.44. The topological polar surface area (TPSA) is 65.0 Å². The zero-order valence-corrected chi connectivity index (χ0v) is 16.2. The number of carbonyl (C=O) groups excluding carboxylic acids is 1. The van der Waals surface area contributed by atoms with E-state index in [1.165, 1.54) is 0 Å². The molecule has 0 saturated carbocycles. The third kappa shape index (κ3) is 4.64. The van der Waals surface area contributed by atoms with E-state index in [2.05, 4.69) is 15.1 Å². The number of hydrogen-bond acceptors (Lipinski definition) is 5. The van der Waals surface area contributed by atoms with Crippen LogP contribution in [0.25, 0.3) is 0 Å². The van der Waals surface area contributed by atoms with Crippen LogP contribution >= 0.6 is 11.6 Å². The molecular formula is C20H24ClN3O3. The summed E-state index contributed by atoms with van der Waals surface area (Å²) in [5.41, 5.74) is 1.65. The maximum atomic E-state index is 12.7. The van der Waals surface area contributed by atoms with E-state index in [9.17, 15) is 9.90 Å². The van der Waals surface area contributed by atoms with Crippen molar-refractivity contribution in [2.24, 2.45) is 0 Å². The van der Waals surface area contributed by atoms with Gasteiger partial charge in [-0.15, -0.1) is 0 Å². The lowest BCUT2D eigenvalue weighted by atomic mass is 10.2. The summed E-state index contributed by atoms with van der Waals surface area (Å²) in [4.78, 5) is 17.1. The highest BCUT2D eigenvalue weighted by Crippen LogP contribution is 2.28. The van der Waals surface area contributed by atoms with E-state index in [4.69, 9.17) is 16.3 Å². The van der Waals surface area contributed by atoms with E-state index >= 15 is 0 Å². The number of piperazine rings is 1. The molecule has 1 atom stereocenters. The normalized spacial score (nSPS) is 16.0. The highest BCUT2D eigenvalue weighted by atomic mass is 35.5. The Morgan fingerprint density at radius 1 is 1.15 bits per heavy atom. The van der Waals surface area contributed by atoms with Crippen LogP contribution in [0.2, 0.25) is 5.02 Å². The van der Waals surface area contributed by atoms with Gasteiger partial charge >= 0.3 is 0 Å². The summed E-state index contributed by atoms with van der Waals surface area (Å²) < 4.78 is 5.29. The number of methoxy groups -OCH3 is 1. The van der Waals surface area contributed by atoms with Crippen molar-refractivity contribution in [2.45, 2.75) is 13.0 Å². The number of aromatic hydroxyl groups is 1. The Balaban J connectivity index is 1.58. The van der Waals surface area contributed by atoms with Crippen LogP contribution in [0, 0.1) is 0 Å². The maximum absolute atomic E-state index is 12.7. The fourth-order valence-corrected chi connectivity index (χ4v) is 3.38. The number of hydrogen-bond donors (Lipinski definition) is 2. The van der Waals surface area contributed by atoms with Crippen molar-refractivity contribution in [1.82, 2.24) is 4.90 Å². The molecule has 2 N–H and O–H groups in total. The van der Waals surface area contributed by atoms with E-state index in [1.54, 1.807) is 37.4 Å². The quantitative estimate of drug-likeness (QED) is 0.822. The number of phenolic OH excluding ortho intramolecular Hbond substituents is 1. The van der Waals surface area contributed by atoms with Gasteiger partial charge in [0, 0.05) is 36.9 Å². The molecule has 144 valence electrons. The number of anilines is 2. The SMILES string of the molecule is COc1ccc(Cl)cc1NC(=O)C(C)N1CCN(c2ccc(O)cc2)CC1. The molecule has 0 aliphatic carbocycles. The fourth-order valence-electron chi connectivity index (χ4n) is 3.21. The monoisotopic (exact) mass is 389 g/mol. The van der Waals surface area contributed by atoms with Crippen molar-refractivity contribution < 1.29 is 14.6 Å². The number of halogens is 1. The predicted molar refractivity (Wildman–Crippen MR) is 108 cm³/mol. The van der Waals surface area contributed by atoms with Crippen LogP contribution in [-0.2, 0) is 4.79 Å². The van der Waals surface area contributed by atoms with Crippen LogP contribution in [0.5, 0.6) is 11.5 Å². The third-order valence-electron chi connectivity index (χ3n) is 4.88. The minimum atomic E-state index is -0.268. The van der Waals surface area contributed by atoms with Gasteiger partial charge in [-0.1, -0.05) is 11.6 Å². The first-order chi connectivity index (χ1) is 13.0. The number of benzene rings is 2. The van der Waals surface area contributed by atoms with Gasteiger partial charge in [0.1, 0.15) is 11.5 Å². The first-order valence-corrected chi connectivity index (χ1v) is 9.28. The molecule has 0 aromatic heterocycles. The fraction of sp³-hybridized carbons (Fsp3) is 0.350. The lowest BCUT2D eigenvalue weighted by Crippen LogP contribution is -2.52. The molecule has 0 bridgehead atoms. The second kappa shape index (κ2) is 8.50. The molecule has 1 heterocycles. The Morgan fingerprint density at radius 2 is 1.81 bits per heavy atom. The van der Waals surface area contributed by atoms with Crippen LogP contribution in [-0.4, -0.2) is 55.2 Å². The van der Waals surface area contributed by atoms with Gasteiger partial charge in [0.25, 0.3) is 0 Å². The molecule has 2 aromatic rings. The molecule has 1 fully saturated rings. The number of phenols is 1. The number of rotatable bonds is 5. The lowest BCUT2D eigenvalue weighted by Gasteiger charge is -2.38.